The number of amides is 1. The Kier molecular flexibility index (Phi) is 8.47. The van der Waals surface area contributed by atoms with Crippen molar-refractivity contribution < 1.29 is 14.7 Å². The molecule has 5 aliphatic rings. The van der Waals surface area contributed by atoms with Crippen molar-refractivity contribution in [2.24, 2.45) is 56.7 Å². The van der Waals surface area contributed by atoms with E-state index >= 15 is 0 Å². The van der Waals surface area contributed by atoms with E-state index in [9.17, 15) is 14.7 Å². The zero-order valence-electron chi connectivity index (χ0n) is 29.8. The summed E-state index contributed by atoms with van der Waals surface area (Å²) in [5.41, 5.74) is 4.14. The first-order valence-corrected chi connectivity index (χ1v) is 18.2. The number of benzene rings is 1. The molecule has 5 nitrogen and oxygen atoms in total. The van der Waals surface area contributed by atoms with Gasteiger partial charge in [-0.2, -0.15) is 0 Å². The molecule has 5 aliphatic carbocycles. The van der Waals surface area contributed by atoms with Gasteiger partial charge in [-0.1, -0.05) is 58.9 Å². The molecule has 1 aromatic carbocycles. The van der Waals surface area contributed by atoms with Crippen molar-refractivity contribution in [1.29, 1.82) is 0 Å². The predicted molar refractivity (Wildman–Crippen MR) is 187 cm³/mol. The normalized spacial score (nSPS) is 40.8. The van der Waals surface area contributed by atoms with Gasteiger partial charge in [0.15, 0.2) is 0 Å². The largest absolute Gasteiger partial charge is 0.478 e. The molecule has 0 aromatic heterocycles. The molecular formula is C41H60N2O3. The van der Waals surface area contributed by atoms with E-state index in [1.807, 2.05) is 26.2 Å². The summed E-state index contributed by atoms with van der Waals surface area (Å²) in [6.07, 6.45) is 16.8. The smallest absolute Gasteiger partial charge is 0.335 e. The molecule has 0 saturated heterocycles. The second-order valence-corrected chi connectivity index (χ2v) is 17.6. The van der Waals surface area contributed by atoms with Crippen LogP contribution >= 0.6 is 0 Å². The van der Waals surface area contributed by atoms with Gasteiger partial charge in [-0.25, -0.2) is 4.79 Å². The maximum Gasteiger partial charge on any atom is 0.335 e. The lowest BCUT2D eigenvalue weighted by Crippen LogP contribution is -2.65. The van der Waals surface area contributed by atoms with Crippen LogP contribution in [0.5, 0.6) is 0 Å². The lowest BCUT2D eigenvalue weighted by Gasteiger charge is -2.72. The molecule has 2 N–H and O–H groups in total. The Morgan fingerprint density at radius 1 is 0.935 bits per heavy atom. The van der Waals surface area contributed by atoms with Crippen molar-refractivity contribution in [2.75, 3.05) is 27.2 Å². The minimum atomic E-state index is -0.864. The highest BCUT2D eigenvalue weighted by atomic mass is 16.4. The molecule has 46 heavy (non-hydrogen) atoms. The SMILES string of the molecule is C=CC1CCC2(CNCCC(=O)N(C)C)CCC3(C)C(CCC4C5(C)CC=C(c6ccc(C(=O)O)cc6)C(C)(C)C5CCC43C)C12. The second kappa shape index (κ2) is 11.6. The molecule has 0 aliphatic heterocycles. The zero-order chi connectivity index (χ0) is 33.3. The number of fused-ring (bicyclic) bond motifs is 7. The number of allylic oxidation sites excluding steroid dienone is 3. The monoisotopic (exact) mass is 628 g/mol. The Hall–Kier alpha value is -2.40. The number of hydrogen-bond donors (Lipinski definition) is 2. The molecule has 4 fully saturated rings. The van der Waals surface area contributed by atoms with E-state index in [-0.39, 0.29) is 16.7 Å². The fraction of sp³-hybridized carbons (Fsp3) is 0.707. The quantitative estimate of drug-likeness (QED) is 0.223. The fourth-order valence-electron chi connectivity index (χ4n) is 13.0. The van der Waals surface area contributed by atoms with Crippen LogP contribution < -0.4 is 5.32 Å². The number of nitrogens with zero attached hydrogens (tertiary/aromatic N) is 1. The van der Waals surface area contributed by atoms with E-state index in [2.05, 4.69) is 58.7 Å². The fourth-order valence-corrected chi connectivity index (χ4v) is 13.0. The zero-order valence-corrected chi connectivity index (χ0v) is 29.8. The number of carboxylic acid groups (broad SMARTS) is 1. The standard InChI is InChI=1S/C41H60N2O3/c1-9-27-16-22-41(26-42-25-19-34(44)43(7)8)24-23-39(5)31(35(27)41)14-15-33-38(4)20-17-30(28-10-12-29(13-11-28)36(45)46)37(2,3)32(38)18-21-40(33,39)6/h9-13,17,27,31-33,35,42H,1,14-16,18-26H2,2-8H3,(H,45,46). The molecule has 9 atom stereocenters. The number of carbonyl (C=O) groups excluding carboxylic acids is 1. The third-order valence-corrected chi connectivity index (χ3v) is 15.5. The van der Waals surface area contributed by atoms with E-state index in [1.54, 1.807) is 17.0 Å². The van der Waals surface area contributed by atoms with Crippen molar-refractivity contribution in [3.8, 4) is 0 Å². The summed E-state index contributed by atoms with van der Waals surface area (Å²) in [5, 5.41) is 13.2. The van der Waals surface area contributed by atoms with Crippen LogP contribution in [0, 0.1) is 56.7 Å². The van der Waals surface area contributed by atoms with Gasteiger partial charge in [-0.05, 0) is 138 Å². The van der Waals surface area contributed by atoms with Crippen LogP contribution in [0.25, 0.3) is 5.57 Å². The van der Waals surface area contributed by atoms with Gasteiger partial charge in [0.1, 0.15) is 0 Å². The van der Waals surface area contributed by atoms with E-state index < -0.39 is 5.97 Å². The molecule has 0 spiro atoms. The number of nitrogens with one attached hydrogen (secondary N) is 1. The molecule has 4 saturated carbocycles. The van der Waals surface area contributed by atoms with Crippen LogP contribution in [0.2, 0.25) is 0 Å². The summed E-state index contributed by atoms with van der Waals surface area (Å²) in [5.74, 6) is 2.61. The highest BCUT2D eigenvalue weighted by Gasteiger charge is 2.70. The van der Waals surface area contributed by atoms with Gasteiger partial charge in [-0.3, -0.25) is 4.79 Å². The van der Waals surface area contributed by atoms with Crippen LogP contribution in [-0.4, -0.2) is 49.1 Å². The summed E-state index contributed by atoms with van der Waals surface area (Å²) in [7, 11) is 3.70. The Morgan fingerprint density at radius 2 is 1.65 bits per heavy atom. The van der Waals surface area contributed by atoms with Crippen molar-refractivity contribution in [3.63, 3.8) is 0 Å². The van der Waals surface area contributed by atoms with Crippen LogP contribution in [0.15, 0.2) is 43.0 Å². The molecular weight excluding hydrogens is 568 g/mol. The Morgan fingerprint density at radius 3 is 2.30 bits per heavy atom. The van der Waals surface area contributed by atoms with Crippen molar-refractivity contribution in [2.45, 2.75) is 98.8 Å². The average Bonchev–Trinajstić information content (AvgIpc) is 3.38. The number of aromatic carboxylic acids is 1. The van der Waals surface area contributed by atoms with Gasteiger partial charge in [-0.15, -0.1) is 6.58 Å². The van der Waals surface area contributed by atoms with Crippen molar-refractivity contribution in [3.05, 3.63) is 54.1 Å². The second-order valence-electron chi connectivity index (χ2n) is 17.6. The molecule has 0 bridgehead atoms. The number of carbonyl (C=O) groups is 2. The number of carboxylic acids is 1. The molecule has 0 radical (unpaired) electrons. The third kappa shape index (κ3) is 4.88. The number of rotatable bonds is 8. The molecule has 252 valence electrons. The molecule has 6 rings (SSSR count). The maximum absolute atomic E-state index is 12.3. The number of hydrogen-bond acceptors (Lipinski definition) is 3. The van der Waals surface area contributed by atoms with Gasteiger partial charge in [0, 0.05) is 33.6 Å². The summed E-state index contributed by atoms with van der Waals surface area (Å²) in [6, 6.07) is 7.59. The Bertz CT molecular complexity index is 1390. The maximum atomic E-state index is 12.3. The van der Waals surface area contributed by atoms with Crippen molar-refractivity contribution >= 4 is 17.4 Å². The summed E-state index contributed by atoms with van der Waals surface area (Å²) < 4.78 is 0. The summed E-state index contributed by atoms with van der Waals surface area (Å²) >= 11 is 0. The van der Waals surface area contributed by atoms with Crippen LogP contribution in [0.3, 0.4) is 0 Å². The van der Waals surface area contributed by atoms with Gasteiger partial charge in [0.2, 0.25) is 5.91 Å². The van der Waals surface area contributed by atoms with Gasteiger partial charge in [0.05, 0.1) is 5.56 Å². The average molecular weight is 629 g/mol. The first-order valence-electron chi connectivity index (χ1n) is 18.2. The van der Waals surface area contributed by atoms with E-state index in [0.717, 1.165) is 19.5 Å². The Balaban J connectivity index is 1.27. The van der Waals surface area contributed by atoms with Gasteiger partial charge in [0.25, 0.3) is 0 Å². The van der Waals surface area contributed by atoms with Crippen LogP contribution in [0.1, 0.15) is 115 Å². The van der Waals surface area contributed by atoms with Gasteiger partial charge < -0.3 is 15.3 Å². The minimum absolute atomic E-state index is 0.0254. The molecule has 1 amide bonds. The van der Waals surface area contributed by atoms with Crippen molar-refractivity contribution in [1.82, 2.24) is 10.2 Å². The topological polar surface area (TPSA) is 69.6 Å². The minimum Gasteiger partial charge on any atom is -0.478 e. The highest BCUT2D eigenvalue weighted by Crippen LogP contribution is 2.77. The first kappa shape index (κ1) is 33.5. The van der Waals surface area contributed by atoms with E-state index in [1.165, 1.54) is 62.5 Å². The molecule has 9 unspecified atom stereocenters. The lowest BCUT2D eigenvalue weighted by atomic mass is 9.32. The third-order valence-electron chi connectivity index (χ3n) is 15.5. The summed E-state index contributed by atoms with van der Waals surface area (Å²) in [4.78, 5) is 25.5. The van der Waals surface area contributed by atoms with Crippen LogP contribution in [0.4, 0.5) is 0 Å². The highest BCUT2D eigenvalue weighted by molar-refractivity contribution is 5.88. The molecule has 1 aromatic rings. The Labute approximate surface area is 278 Å². The first-order chi connectivity index (χ1) is 21.6. The van der Waals surface area contributed by atoms with E-state index in [4.69, 9.17) is 0 Å². The molecule has 5 heteroatoms. The summed E-state index contributed by atoms with van der Waals surface area (Å²) in [6.45, 7) is 19.2. The van der Waals surface area contributed by atoms with Gasteiger partial charge >= 0.3 is 5.97 Å². The molecule has 0 heterocycles. The van der Waals surface area contributed by atoms with E-state index in [0.29, 0.717) is 57.8 Å². The lowest BCUT2D eigenvalue weighted by molar-refractivity contribution is -0.224. The predicted octanol–water partition coefficient (Wildman–Crippen LogP) is 8.71. The van der Waals surface area contributed by atoms with Crippen LogP contribution in [-0.2, 0) is 4.79 Å².